The van der Waals surface area contributed by atoms with Gasteiger partial charge in [0.1, 0.15) is 6.61 Å². The largest absolute Gasteiger partial charge is 0.493 e. The van der Waals surface area contributed by atoms with E-state index < -0.39 is 5.41 Å². The molecule has 1 N–H and O–H groups in total. The summed E-state index contributed by atoms with van der Waals surface area (Å²) in [6.45, 7) is 0.914. The molecule has 29 heavy (non-hydrogen) atoms. The lowest BCUT2D eigenvalue weighted by atomic mass is 9.96. The van der Waals surface area contributed by atoms with Crippen molar-refractivity contribution in [1.29, 1.82) is 0 Å². The van der Waals surface area contributed by atoms with E-state index in [2.05, 4.69) is 10.3 Å². The highest BCUT2D eigenvalue weighted by Crippen LogP contribution is 2.48. The van der Waals surface area contributed by atoms with Gasteiger partial charge in [-0.15, -0.1) is 0 Å². The molecule has 1 aliphatic carbocycles. The molecule has 0 unspecified atom stereocenters. The first-order valence-corrected chi connectivity index (χ1v) is 9.74. The topological polar surface area (TPSA) is 60.5 Å². The molecule has 0 bridgehead atoms. The Bertz CT molecular complexity index is 970. The first-order valence-electron chi connectivity index (χ1n) is 9.74. The van der Waals surface area contributed by atoms with Crippen LogP contribution in [0.15, 0.2) is 73.1 Å². The fourth-order valence-corrected chi connectivity index (χ4v) is 3.45. The summed E-state index contributed by atoms with van der Waals surface area (Å²) in [6, 6.07) is 19.6. The molecule has 5 heteroatoms. The number of methoxy groups -OCH3 is 1. The molecule has 1 aromatic heterocycles. The Kier molecular flexibility index (Phi) is 5.47. The van der Waals surface area contributed by atoms with Crippen LogP contribution >= 0.6 is 0 Å². The monoisotopic (exact) mass is 388 g/mol. The lowest BCUT2D eigenvalue weighted by Crippen LogP contribution is -2.34. The van der Waals surface area contributed by atoms with Gasteiger partial charge in [0.15, 0.2) is 11.5 Å². The molecule has 4 rings (SSSR count). The minimum Gasteiger partial charge on any atom is -0.493 e. The number of hydrogen-bond donors (Lipinski definition) is 1. The summed E-state index contributed by atoms with van der Waals surface area (Å²) in [6.07, 6.45) is 5.24. The van der Waals surface area contributed by atoms with Crippen molar-refractivity contribution in [1.82, 2.24) is 10.3 Å². The molecule has 5 nitrogen and oxygen atoms in total. The summed E-state index contributed by atoms with van der Waals surface area (Å²) in [5.74, 6) is 1.38. The number of nitrogens with one attached hydrogen (secondary N) is 1. The van der Waals surface area contributed by atoms with Gasteiger partial charge in [0.2, 0.25) is 5.91 Å². The number of rotatable bonds is 8. The molecule has 0 spiro atoms. The molecule has 148 valence electrons. The van der Waals surface area contributed by atoms with Gasteiger partial charge in [0.25, 0.3) is 0 Å². The Morgan fingerprint density at radius 3 is 2.55 bits per heavy atom. The van der Waals surface area contributed by atoms with Crippen LogP contribution in [0.4, 0.5) is 0 Å². The quantitative estimate of drug-likeness (QED) is 0.633. The summed E-state index contributed by atoms with van der Waals surface area (Å²) in [7, 11) is 1.62. The van der Waals surface area contributed by atoms with Gasteiger partial charge in [-0.05, 0) is 47.7 Å². The highest BCUT2D eigenvalue weighted by atomic mass is 16.5. The van der Waals surface area contributed by atoms with Crippen molar-refractivity contribution in [2.45, 2.75) is 31.4 Å². The molecule has 0 aliphatic heterocycles. The SMILES string of the molecule is COc1cc(CNC(=O)C2(c3cccnc3)CC2)ccc1OCc1ccccc1. The van der Waals surface area contributed by atoms with E-state index in [1.165, 1.54) is 0 Å². The fourth-order valence-electron chi connectivity index (χ4n) is 3.45. The van der Waals surface area contributed by atoms with Gasteiger partial charge in [-0.2, -0.15) is 0 Å². The zero-order valence-electron chi connectivity index (χ0n) is 16.4. The molecule has 1 fully saturated rings. The predicted molar refractivity (Wildman–Crippen MR) is 111 cm³/mol. The lowest BCUT2D eigenvalue weighted by Gasteiger charge is -2.16. The van der Waals surface area contributed by atoms with Gasteiger partial charge in [0, 0.05) is 18.9 Å². The van der Waals surface area contributed by atoms with E-state index >= 15 is 0 Å². The maximum atomic E-state index is 12.8. The standard InChI is InChI=1S/C24H24N2O3/c1-28-22-14-19(9-10-21(22)29-17-18-6-3-2-4-7-18)15-26-23(27)24(11-12-24)20-8-5-13-25-16-20/h2-10,13-14,16H,11-12,15,17H2,1H3,(H,26,27). The molecular weight excluding hydrogens is 364 g/mol. The molecule has 3 aromatic rings. The number of carbonyl (C=O) groups is 1. The minimum absolute atomic E-state index is 0.0499. The number of benzene rings is 2. The second-order valence-corrected chi connectivity index (χ2v) is 7.27. The van der Waals surface area contributed by atoms with E-state index in [1.54, 1.807) is 19.5 Å². The van der Waals surface area contributed by atoms with Gasteiger partial charge in [-0.25, -0.2) is 0 Å². The Balaban J connectivity index is 1.39. The van der Waals surface area contributed by atoms with Crippen molar-refractivity contribution in [2.75, 3.05) is 7.11 Å². The predicted octanol–water partition coefficient (Wildman–Crippen LogP) is 4.02. The van der Waals surface area contributed by atoms with Crippen LogP contribution in [-0.2, 0) is 23.4 Å². The smallest absolute Gasteiger partial charge is 0.230 e. The average Bonchev–Trinajstić information content (AvgIpc) is 3.60. The van der Waals surface area contributed by atoms with E-state index in [4.69, 9.17) is 9.47 Å². The molecule has 0 atom stereocenters. The fraction of sp³-hybridized carbons (Fsp3) is 0.250. The number of carbonyl (C=O) groups excluding carboxylic acids is 1. The van der Waals surface area contributed by atoms with E-state index in [-0.39, 0.29) is 5.91 Å². The molecule has 2 aromatic carbocycles. The number of ether oxygens (including phenoxy) is 2. The molecule has 1 aliphatic rings. The van der Waals surface area contributed by atoms with Gasteiger partial charge in [0.05, 0.1) is 12.5 Å². The Labute approximate surface area is 170 Å². The highest BCUT2D eigenvalue weighted by Gasteiger charge is 2.51. The maximum absolute atomic E-state index is 12.8. The van der Waals surface area contributed by atoms with Crippen LogP contribution in [0, 0.1) is 0 Å². The highest BCUT2D eigenvalue weighted by molar-refractivity contribution is 5.91. The lowest BCUT2D eigenvalue weighted by molar-refractivity contribution is -0.123. The van der Waals surface area contributed by atoms with Crippen LogP contribution in [0.5, 0.6) is 11.5 Å². The van der Waals surface area contributed by atoms with Gasteiger partial charge in [-0.3, -0.25) is 9.78 Å². The maximum Gasteiger partial charge on any atom is 0.230 e. The third kappa shape index (κ3) is 4.24. The first-order chi connectivity index (χ1) is 14.2. The second kappa shape index (κ2) is 8.35. The Morgan fingerprint density at radius 1 is 1.03 bits per heavy atom. The molecule has 1 saturated carbocycles. The van der Waals surface area contributed by atoms with Crippen molar-refractivity contribution >= 4 is 5.91 Å². The van der Waals surface area contributed by atoms with Crippen molar-refractivity contribution in [3.8, 4) is 11.5 Å². The Morgan fingerprint density at radius 2 is 1.86 bits per heavy atom. The number of hydrogen-bond acceptors (Lipinski definition) is 4. The van der Waals surface area contributed by atoms with Crippen molar-refractivity contribution in [3.63, 3.8) is 0 Å². The molecule has 1 heterocycles. The molecule has 0 radical (unpaired) electrons. The normalized spacial score (nSPS) is 14.1. The Hall–Kier alpha value is -3.34. The van der Waals surface area contributed by atoms with Crippen LogP contribution in [0.25, 0.3) is 0 Å². The number of pyridine rings is 1. The number of aromatic nitrogens is 1. The van der Waals surface area contributed by atoms with Crippen LogP contribution in [-0.4, -0.2) is 18.0 Å². The summed E-state index contributed by atoms with van der Waals surface area (Å²) in [5.41, 5.74) is 2.62. The zero-order valence-corrected chi connectivity index (χ0v) is 16.4. The van der Waals surface area contributed by atoms with Crippen LogP contribution in [0.2, 0.25) is 0 Å². The van der Waals surface area contributed by atoms with Crippen molar-refractivity contribution in [2.24, 2.45) is 0 Å². The molecule has 1 amide bonds. The van der Waals surface area contributed by atoms with Gasteiger partial charge < -0.3 is 14.8 Å². The first kappa shape index (κ1) is 19.0. The summed E-state index contributed by atoms with van der Waals surface area (Å²) < 4.78 is 11.4. The van der Waals surface area contributed by atoms with E-state index in [0.717, 1.165) is 29.5 Å². The summed E-state index contributed by atoms with van der Waals surface area (Å²) >= 11 is 0. The third-order valence-corrected chi connectivity index (χ3v) is 5.32. The van der Waals surface area contributed by atoms with E-state index in [9.17, 15) is 4.79 Å². The minimum atomic E-state index is -0.420. The number of amides is 1. The molecular formula is C24H24N2O3. The third-order valence-electron chi connectivity index (χ3n) is 5.32. The van der Waals surface area contributed by atoms with Crippen LogP contribution in [0.3, 0.4) is 0 Å². The van der Waals surface area contributed by atoms with E-state index in [1.807, 2.05) is 60.7 Å². The number of nitrogens with zero attached hydrogens (tertiary/aromatic N) is 1. The average molecular weight is 388 g/mol. The van der Waals surface area contributed by atoms with Crippen LogP contribution in [0.1, 0.15) is 29.5 Å². The zero-order chi connectivity index (χ0) is 20.1. The van der Waals surface area contributed by atoms with Gasteiger partial charge >= 0.3 is 0 Å². The summed E-state index contributed by atoms with van der Waals surface area (Å²) in [5, 5.41) is 3.07. The van der Waals surface area contributed by atoms with Crippen LogP contribution < -0.4 is 14.8 Å². The molecule has 0 saturated heterocycles. The van der Waals surface area contributed by atoms with E-state index in [0.29, 0.717) is 24.7 Å². The van der Waals surface area contributed by atoms with Gasteiger partial charge in [-0.1, -0.05) is 42.5 Å². The summed E-state index contributed by atoms with van der Waals surface area (Å²) in [4.78, 5) is 16.9. The second-order valence-electron chi connectivity index (χ2n) is 7.27. The van der Waals surface area contributed by atoms with Crippen molar-refractivity contribution in [3.05, 3.63) is 89.7 Å². The van der Waals surface area contributed by atoms with Crippen molar-refractivity contribution < 1.29 is 14.3 Å².